The number of halogens is 1. The van der Waals surface area contributed by atoms with Gasteiger partial charge in [0, 0.05) is 22.9 Å². The van der Waals surface area contributed by atoms with Gasteiger partial charge in [0.2, 0.25) is 0 Å². The van der Waals surface area contributed by atoms with Gasteiger partial charge in [0.1, 0.15) is 5.82 Å². The molecule has 6 nitrogen and oxygen atoms in total. The molecule has 1 amide bonds. The molecule has 2 aromatic carbocycles. The highest BCUT2D eigenvalue weighted by Crippen LogP contribution is 2.19. The molecular weight excluding hydrogens is 374 g/mol. The van der Waals surface area contributed by atoms with E-state index in [9.17, 15) is 13.2 Å². The van der Waals surface area contributed by atoms with Gasteiger partial charge in [0.15, 0.2) is 9.84 Å². The van der Waals surface area contributed by atoms with Crippen LogP contribution in [0.1, 0.15) is 15.9 Å². The van der Waals surface area contributed by atoms with Crippen LogP contribution in [-0.4, -0.2) is 30.4 Å². The van der Waals surface area contributed by atoms with Crippen LogP contribution in [0, 0.1) is 0 Å². The van der Waals surface area contributed by atoms with Gasteiger partial charge in [-0.1, -0.05) is 29.8 Å². The minimum absolute atomic E-state index is 0.165. The highest BCUT2D eigenvalue weighted by molar-refractivity contribution is 7.90. The van der Waals surface area contributed by atoms with Crippen LogP contribution in [0.15, 0.2) is 65.7 Å². The van der Waals surface area contributed by atoms with E-state index < -0.39 is 9.84 Å². The van der Waals surface area contributed by atoms with E-state index in [-0.39, 0.29) is 10.8 Å². The third kappa shape index (κ3) is 4.12. The van der Waals surface area contributed by atoms with Crippen molar-refractivity contribution in [3.05, 3.63) is 76.9 Å². The molecule has 0 bridgehead atoms. The zero-order valence-electron chi connectivity index (χ0n) is 13.9. The molecule has 0 saturated heterocycles. The fourth-order valence-corrected chi connectivity index (χ4v) is 3.22. The van der Waals surface area contributed by atoms with Crippen LogP contribution in [-0.2, 0) is 16.4 Å². The van der Waals surface area contributed by atoms with Crippen molar-refractivity contribution in [1.29, 1.82) is 0 Å². The lowest BCUT2D eigenvalue weighted by atomic mass is 10.2. The lowest BCUT2D eigenvalue weighted by Crippen LogP contribution is -2.16. The summed E-state index contributed by atoms with van der Waals surface area (Å²) >= 11 is 6.17. The molecule has 1 N–H and O–H groups in total. The minimum Gasteiger partial charge on any atom is -0.307 e. The van der Waals surface area contributed by atoms with Gasteiger partial charge in [-0.3, -0.25) is 4.79 Å². The number of sulfone groups is 1. The van der Waals surface area contributed by atoms with E-state index in [0.717, 1.165) is 11.8 Å². The molecule has 134 valence electrons. The number of carbonyl (C=O) groups excluding carboxylic acids is 1. The monoisotopic (exact) mass is 389 g/mol. The van der Waals surface area contributed by atoms with Crippen molar-refractivity contribution >= 4 is 33.2 Å². The van der Waals surface area contributed by atoms with Crippen molar-refractivity contribution < 1.29 is 13.2 Å². The number of hydrogen-bond donors (Lipinski definition) is 1. The summed E-state index contributed by atoms with van der Waals surface area (Å²) < 4.78 is 24.6. The molecule has 0 aliphatic rings. The standard InChI is InChI=1S/C18H16ClN3O3S/c1-26(24,25)15-8-6-13(7-9-15)18(23)21-17-10-11-20-22(17)12-14-4-2-3-5-16(14)19/h2-11H,12H2,1H3,(H,21,23). The van der Waals surface area contributed by atoms with E-state index in [1.165, 1.54) is 24.3 Å². The Morgan fingerprint density at radius 3 is 2.46 bits per heavy atom. The predicted molar refractivity (Wildman–Crippen MR) is 100 cm³/mol. The second-order valence-corrected chi connectivity index (χ2v) is 8.14. The smallest absolute Gasteiger partial charge is 0.256 e. The number of hydrogen-bond acceptors (Lipinski definition) is 4. The van der Waals surface area contributed by atoms with Crippen LogP contribution < -0.4 is 5.32 Å². The Kier molecular flexibility index (Phi) is 5.11. The summed E-state index contributed by atoms with van der Waals surface area (Å²) in [6, 6.07) is 14.8. The maximum absolute atomic E-state index is 12.4. The number of aromatic nitrogens is 2. The summed E-state index contributed by atoms with van der Waals surface area (Å²) in [4.78, 5) is 12.6. The predicted octanol–water partition coefficient (Wildman–Crippen LogP) is 3.24. The summed E-state index contributed by atoms with van der Waals surface area (Å²) in [5, 5.41) is 7.61. The van der Waals surface area contributed by atoms with E-state index in [0.29, 0.717) is 22.9 Å². The first kappa shape index (κ1) is 18.2. The van der Waals surface area contributed by atoms with Gasteiger partial charge in [0.25, 0.3) is 5.91 Å². The molecular formula is C18H16ClN3O3S. The summed E-state index contributed by atoms with van der Waals surface area (Å²) in [7, 11) is -3.30. The highest BCUT2D eigenvalue weighted by atomic mass is 35.5. The van der Waals surface area contributed by atoms with Crippen molar-refractivity contribution in [3.63, 3.8) is 0 Å². The average molecular weight is 390 g/mol. The second-order valence-electron chi connectivity index (χ2n) is 5.72. The van der Waals surface area contributed by atoms with E-state index in [1.807, 2.05) is 18.2 Å². The zero-order chi connectivity index (χ0) is 18.7. The number of amides is 1. The van der Waals surface area contributed by atoms with Crippen LogP contribution in [0.3, 0.4) is 0 Å². The molecule has 0 aliphatic carbocycles. The summed E-state index contributed by atoms with van der Waals surface area (Å²) in [5.41, 5.74) is 1.23. The molecule has 0 aliphatic heterocycles. The molecule has 0 radical (unpaired) electrons. The molecule has 1 aromatic heterocycles. The maximum Gasteiger partial charge on any atom is 0.256 e. The lowest BCUT2D eigenvalue weighted by Gasteiger charge is -2.10. The zero-order valence-corrected chi connectivity index (χ0v) is 15.5. The van der Waals surface area contributed by atoms with Crippen LogP contribution >= 0.6 is 11.6 Å². The average Bonchev–Trinajstić information content (AvgIpc) is 3.03. The van der Waals surface area contributed by atoms with Crippen LogP contribution in [0.2, 0.25) is 5.02 Å². The number of carbonyl (C=O) groups is 1. The number of benzene rings is 2. The molecule has 1 heterocycles. The number of nitrogens with one attached hydrogen (secondary N) is 1. The van der Waals surface area contributed by atoms with Gasteiger partial charge < -0.3 is 5.32 Å². The van der Waals surface area contributed by atoms with Crippen molar-refractivity contribution in [2.45, 2.75) is 11.4 Å². The third-order valence-corrected chi connectivity index (χ3v) is 5.28. The van der Waals surface area contributed by atoms with Crippen LogP contribution in [0.25, 0.3) is 0 Å². The molecule has 8 heteroatoms. The molecule has 0 atom stereocenters. The van der Waals surface area contributed by atoms with E-state index in [1.54, 1.807) is 23.0 Å². The van der Waals surface area contributed by atoms with Gasteiger partial charge in [-0.2, -0.15) is 5.10 Å². The van der Waals surface area contributed by atoms with Gasteiger partial charge in [-0.25, -0.2) is 13.1 Å². The molecule has 0 spiro atoms. The third-order valence-electron chi connectivity index (χ3n) is 3.78. The van der Waals surface area contributed by atoms with Gasteiger partial charge in [-0.05, 0) is 35.9 Å². The van der Waals surface area contributed by atoms with Gasteiger partial charge >= 0.3 is 0 Å². The summed E-state index contributed by atoms with van der Waals surface area (Å²) in [5.74, 6) is 0.160. The van der Waals surface area contributed by atoms with Crippen molar-refractivity contribution in [2.75, 3.05) is 11.6 Å². The fourth-order valence-electron chi connectivity index (χ4n) is 2.39. The molecule has 3 aromatic rings. The van der Waals surface area contributed by atoms with E-state index >= 15 is 0 Å². The SMILES string of the molecule is CS(=O)(=O)c1ccc(C(=O)Nc2ccnn2Cc2ccccc2Cl)cc1. The first-order valence-corrected chi connectivity index (χ1v) is 9.98. The second kappa shape index (κ2) is 7.31. The van der Waals surface area contributed by atoms with E-state index in [2.05, 4.69) is 10.4 Å². The largest absolute Gasteiger partial charge is 0.307 e. The topological polar surface area (TPSA) is 81.1 Å². The Hall–Kier alpha value is -2.64. The lowest BCUT2D eigenvalue weighted by molar-refractivity contribution is 0.102. The Labute approximate surface area is 156 Å². The quantitative estimate of drug-likeness (QED) is 0.726. The van der Waals surface area contributed by atoms with Crippen molar-refractivity contribution in [3.8, 4) is 0 Å². The highest BCUT2D eigenvalue weighted by Gasteiger charge is 2.13. The van der Waals surface area contributed by atoms with Crippen LogP contribution in [0.4, 0.5) is 5.82 Å². The summed E-state index contributed by atoms with van der Waals surface area (Å²) in [6.45, 7) is 0.412. The van der Waals surface area contributed by atoms with Gasteiger partial charge in [-0.15, -0.1) is 0 Å². The van der Waals surface area contributed by atoms with Crippen LogP contribution in [0.5, 0.6) is 0 Å². The van der Waals surface area contributed by atoms with E-state index in [4.69, 9.17) is 11.6 Å². The molecule has 0 fully saturated rings. The first-order valence-electron chi connectivity index (χ1n) is 7.71. The molecule has 3 rings (SSSR count). The Morgan fingerprint density at radius 2 is 1.81 bits per heavy atom. The minimum atomic E-state index is -3.30. The molecule has 0 unspecified atom stereocenters. The van der Waals surface area contributed by atoms with Crippen molar-refractivity contribution in [1.82, 2.24) is 9.78 Å². The Bertz CT molecular complexity index is 1040. The summed E-state index contributed by atoms with van der Waals surface area (Å²) in [6.07, 6.45) is 2.70. The Morgan fingerprint density at radius 1 is 1.12 bits per heavy atom. The molecule has 26 heavy (non-hydrogen) atoms. The fraction of sp³-hybridized carbons (Fsp3) is 0.111. The number of anilines is 1. The van der Waals surface area contributed by atoms with Crippen molar-refractivity contribution in [2.24, 2.45) is 0 Å². The number of rotatable bonds is 5. The number of nitrogens with zero attached hydrogens (tertiary/aromatic N) is 2. The normalized spacial score (nSPS) is 11.3. The van der Waals surface area contributed by atoms with Gasteiger partial charge in [0.05, 0.1) is 17.6 Å². The molecule has 0 saturated carbocycles. The maximum atomic E-state index is 12.4. The first-order chi connectivity index (χ1) is 12.3. The Balaban J connectivity index is 1.77.